The lowest BCUT2D eigenvalue weighted by atomic mass is 9.88. The maximum Gasteiger partial charge on any atom is 0.296 e. The van der Waals surface area contributed by atoms with Crippen LogP contribution < -0.4 is 0 Å². The maximum atomic E-state index is 12.7. The van der Waals surface area contributed by atoms with Gasteiger partial charge in [-0.3, -0.25) is 9.11 Å². The summed E-state index contributed by atoms with van der Waals surface area (Å²) < 4.78 is 71.2. The van der Waals surface area contributed by atoms with Gasteiger partial charge in [0.05, 0.1) is 0 Å². The van der Waals surface area contributed by atoms with E-state index >= 15 is 0 Å². The van der Waals surface area contributed by atoms with E-state index in [0.717, 1.165) is 74.5 Å². The SMILES string of the molecule is CCCCCCCCCc1c(S(=O)(=O)O)c(S(=O)(=O)O)c2ccc(C)c(C)c2c1CCCCCCCCC. The molecule has 38 heavy (non-hydrogen) atoms. The summed E-state index contributed by atoms with van der Waals surface area (Å²) in [6.45, 7) is 8.20. The Kier molecular flexibility index (Phi) is 13.2. The molecule has 2 aromatic rings. The monoisotopic (exact) mass is 568 g/mol. The minimum absolute atomic E-state index is 0.157. The third-order valence-electron chi connectivity index (χ3n) is 7.70. The van der Waals surface area contributed by atoms with Crippen molar-refractivity contribution in [2.45, 2.75) is 140 Å². The van der Waals surface area contributed by atoms with Crippen molar-refractivity contribution in [1.82, 2.24) is 0 Å². The second kappa shape index (κ2) is 15.3. The fourth-order valence-electron chi connectivity index (χ4n) is 5.53. The Labute approximate surface area is 231 Å². The van der Waals surface area contributed by atoms with E-state index in [1.807, 2.05) is 13.8 Å². The summed E-state index contributed by atoms with van der Waals surface area (Å²) in [6.07, 6.45) is 15.8. The van der Waals surface area contributed by atoms with Gasteiger partial charge in [-0.2, -0.15) is 16.8 Å². The van der Waals surface area contributed by atoms with Crippen molar-refractivity contribution in [3.8, 4) is 0 Å². The van der Waals surface area contributed by atoms with Gasteiger partial charge in [-0.1, -0.05) is 103 Å². The smallest absolute Gasteiger partial charge is 0.282 e. The van der Waals surface area contributed by atoms with Gasteiger partial charge in [0.25, 0.3) is 20.2 Å². The van der Waals surface area contributed by atoms with Gasteiger partial charge < -0.3 is 0 Å². The summed E-state index contributed by atoms with van der Waals surface area (Å²) in [5.74, 6) is 0. The van der Waals surface area contributed by atoms with Crippen LogP contribution >= 0.6 is 0 Å². The van der Waals surface area contributed by atoms with Gasteiger partial charge in [0.15, 0.2) is 0 Å². The molecule has 0 atom stereocenters. The number of unbranched alkanes of at least 4 members (excludes halogenated alkanes) is 12. The molecule has 2 rings (SSSR count). The van der Waals surface area contributed by atoms with Crippen molar-refractivity contribution in [3.63, 3.8) is 0 Å². The third kappa shape index (κ3) is 9.04. The predicted octanol–water partition coefficient (Wildman–Crippen LogP) is 8.54. The number of aryl methyl sites for hydroxylation is 3. The molecule has 2 aromatic carbocycles. The van der Waals surface area contributed by atoms with Crippen molar-refractivity contribution in [3.05, 3.63) is 34.4 Å². The van der Waals surface area contributed by atoms with Crippen molar-refractivity contribution in [2.75, 3.05) is 0 Å². The van der Waals surface area contributed by atoms with Crippen molar-refractivity contribution < 1.29 is 25.9 Å². The molecule has 0 unspecified atom stereocenters. The van der Waals surface area contributed by atoms with Gasteiger partial charge in [0.1, 0.15) is 9.79 Å². The highest BCUT2D eigenvalue weighted by Gasteiger charge is 2.33. The highest BCUT2D eigenvalue weighted by atomic mass is 32.2. The van der Waals surface area contributed by atoms with Gasteiger partial charge in [0, 0.05) is 5.39 Å². The molecule has 8 heteroatoms. The minimum Gasteiger partial charge on any atom is -0.282 e. The topological polar surface area (TPSA) is 109 Å². The largest absolute Gasteiger partial charge is 0.296 e. The summed E-state index contributed by atoms with van der Waals surface area (Å²) in [5, 5.41) is 0.846. The second-order valence-electron chi connectivity index (χ2n) is 10.7. The molecule has 0 saturated heterocycles. The number of hydrogen-bond acceptors (Lipinski definition) is 4. The summed E-state index contributed by atoms with van der Waals surface area (Å²) in [7, 11) is -9.86. The maximum absolute atomic E-state index is 12.7. The Balaban J connectivity index is 2.61. The zero-order valence-corrected chi connectivity index (χ0v) is 25.4. The van der Waals surface area contributed by atoms with E-state index in [2.05, 4.69) is 13.8 Å². The summed E-state index contributed by atoms with van der Waals surface area (Å²) in [4.78, 5) is -1.33. The molecule has 0 saturated carbocycles. The zero-order chi connectivity index (χ0) is 28.3. The van der Waals surface area contributed by atoms with Crippen LogP contribution in [-0.2, 0) is 33.1 Å². The van der Waals surface area contributed by atoms with Crippen LogP contribution in [0.5, 0.6) is 0 Å². The standard InChI is InChI=1S/C30H48O6S2/c1-5-7-9-11-13-15-17-19-25-26(20-18-16-14-12-10-8-6-2)29(37(31,32)33)30(38(34,35)36)27-22-21-23(3)24(4)28(25)27/h21-22H,5-20H2,1-4H3,(H,31,32,33)(H,34,35,36). The Bertz CT molecular complexity index is 1260. The molecule has 2 N–H and O–H groups in total. The Morgan fingerprint density at radius 2 is 1.00 bits per heavy atom. The Morgan fingerprint density at radius 3 is 1.45 bits per heavy atom. The van der Waals surface area contributed by atoms with Gasteiger partial charge in [-0.15, -0.1) is 0 Å². The van der Waals surface area contributed by atoms with Crippen molar-refractivity contribution >= 4 is 31.0 Å². The molecule has 0 aromatic heterocycles. The lowest BCUT2D eigenvalue weighted by Gasteiger charge is -2.22. The number of rotatable bonds is 18. The molecule has 6 nitrogen and oxygen atoms in total. The van der Waals surface area contributed by atoms with Gasteiger partial charge in [0.2, 0.25) is 0 Å². The first-order valence-corrected chi connectivity index (χ1v) is 17.4. The number of fused-ring (bicyclic) bond motifs is 1. The molecule has 0 aliphatic rings. The van der Waals surface area contributed by atoms with Crippen LogP contribution in [0.2, 0.25) is 0 Å². The molecule has 0 amide bonds. The third-order valence-corrected chi connectivity index (χ3v) is 9.74. The van der Waals surface area contributed by atoms with Crippen molar-refractivity contribution in [1.29, 1.82) is 0 Å². The van der Waals surface area contributed by atoms with Crippen LogP contribution in [0.1, 0.15) is 126 Å². The van der Waals surface area contributed by atoms with E-state index < -0.39 is 30.0 Å². The second-order valence-corrected chi connectivity index (χ2v) is 13.5. The molecule has 0 radical (unpaired) electrons. The van der Waals surface area contributed by atoms with Crippen molar-refractivity contribution in [2.24, 2.45) is 0 Å². The normalized spacial score (nSPS) is 12.5. The number of hydrogen-bond donors (Lipinski definition) is 2. The molecular weight excluding hydrogens is 520 g/mol. The highest BCUT2D eigenvalue weighted by Crippen LogP contribution is 2.40. The average molecular weight is 569 g/mol. The van der Waals surface area contributed by atoms with Crippen LogP contribution in [-0.4, -0.2) is 25.9 Å². The van der Waals surface area contributed by atoms with Gasteiger partial charge in [-0.25, -0.2) is 0 Å². The van der Waals surface area contributed by atoms with E-state index in [1.165, 1.54) is 25.7 Å². The lowest BCUT2D eigenvalue weighted by molar-refractivity contribution is 0.465. The van der Waals surface area contributed by atoms with E-state index in [0.29, 0.717) is 30.2 Å². The fraction of sp³-hybridized carbons (Fsp3) is 0.667. The van der Waals surface area contributed by atoms with E-state index in [-0.39, 0.29) is 5.39 Å². The van der Waals surface area contributed by atoms with Gasteiger partial charge >= 0.3 is 0 Å². The fourth-order valence-corrected chi connectivity index (χ4v) is 7.85. The van der Waals surface area contributed by atoms with Crippen LogP contribution in [0.15, 0.2) is 21.9 Å². The highest BCUT2D eigenvalue weighted by molar-refractivity contribution is 7.89. The summed E-state index contributed by atoms with van der Waals surface area (Å²) in [5.41, 5.74) is 2.97. The van der Waals surface area contributed by atoms with Crippen LogP contribution in [0.3, 0.4) is 0 Å². The Morgan fingerprint density at radius 1 is 0.579 bits per heavy atom. The first-order chi connectivity index (χ1) is 17.9. The lowest BCUT2D eigenvalue weighted by Crippen LogP contribution is -2.16. The molecule has 0 spiro atoms. The van der Waals surface area contributed by atoms with Crippen LogP contribution in [0.4, 0.5) is 0 Å². The molecule has 0 fully saturated rings. The average Bonchev–Trinajstić information content (AvgIpc) is 2.83. The molecule has 0 bridgehead atoms. The quantitative estimate of drug-likeness (QED) is 0.138. The minimum atomic E-state index is -4.93. The molecule has 216 valence electrons. The summed E-state index contributed by atoms with van der Waals surface area (Å²) in [6, 6.07) is 3.29. The molecule has 0 aliphatic heterocycles. The van der Waals surface area contributed by atoms with E-state index in [4.69, 9.17) is 0 Å². The van der Waals surface area contributed by atoms with Crippen LogP contribution in [0, 0.1) is 13.8 Å². The van der Waals surface area contributed by atoms with E-state index in [1.54, 1.807) is 12.1 Å². The molecule has 0 heterocycles. The first-order valence-electron chi connectivity index (χ1n) is 14.5. The molecular formula is C30H48O6S2. The summed E-state index contributed by atoms with van der Waals surface area (Å²) >= 11 is 0. The van der Waals surface area contributed by atoms with Crippen LogP contribution in [0.25, 0.3) is 10.8 Å². The predicted molar refractivity (Wildman–Crippen MR) is 156 cm³/mol. The Hall–Kier alpha value is -1.48. The number of benzene rings is 2. The van der Waals surface area contributed by atoms with Gasteiger partial charge in [-0.05, 0) is 67.2 Å². The van der Waals surface area contributed by atoms with E-state index in [9.17, 15) is 25.9 Å². The molecule has 0 aliphatic carbocycles. The zero-order valence-electron chi connectivity index (χ0n) is 23.8. The first kappa shape index (κ1) is 32.7.